The largest absolute Gasteiger partial charge is 0.454 e. The van der Waals surface area contributed by atoms with Gasteiger partial charge in [-0.05, 0) is 31.1 Å². The van der Waals surface area contributed by atoms with Crippen molar-refractivity contribution in [3.63, 3.8) is 0 Å². The quantitative estimate of drug-likeness (QED) is 0.213. The van der Waals surface area contributed by atoms with E-state index >= 15 is 0 Å². The van der Waals surface area contributed by atoms with Crippen LogP contribution in [0.2, 0.25) is 0 Å². The Kier molecular flexibility index (Phi) is 4.75. The van der Waals surface area contributed by atoms with Crippen molar-refractivity contribution in [1.82, 2.24) is 4.57 Å². The highest BCUT2D eigenvalue weighted by Crippen LogP contribution is 2.36. The molecule has 0 saturated carbocycles. The Labute approximate surface area is 203 Å². The zero-order valence-corrected chi connectivity index (χ0v) is 19.8. The maximum absolute atomic E-state index is 13.2. The van der Waals surface area contributed by atoms with Crippen LogP contribution in [0.15, 0.2) is 88.9 Å². The summed E-state index contributed by atoms with van der Waals surface area (Å²) in [4.78, 5) is 26.4. The lowest BCUT2D eigenvalue weighted by atomic mass is 9.92. The number of rotatable bonds is 3. The number of hydrogen-bond donors (Lipinski definition) is 0. The van der Waals surface area contributed by atoms with Crippen LogP contribution < -0.4 is 5.46 Å². The lowest BCUT2D eigenvalue weighted by molar-refractivity contribution is 0.0990. The number of furan rings is 1. The Balaban J connectivity index is 1.59. The summed E-state index contributed by atoms with van der Waals surface area (Å²) in [5, 5.41) is 0. The molecule has 0 amide bonds. The molecule has 35 heavy (non-hydrogen) atoms. The van der Waals surface area contributed by atoms with Gasteiger partial charge in [-0.2, -0.15) is 0 Å². The summed E-state index contributed by atoms with van der Waals surface area (Å²) in [6, 6.07) is 25.5. The second-order valence-corrected chi connectivity index (χ2v) is 9.14. The molecule has 4 nitrogen and oxygen atoms in total. The van der Waals surface area contributed by atoms with E-state index in [1.54, 1.807) is 18.2 Å². The summed E-state index contributed by atoms with van der Waals surface area (Å²) in [7, 11) is 1.92. The Morgan fingerprint density at radius 1 is 0.800 bits per heavy atom. The number of carbonyl (C=O) groups is 2. The van der Waals surface area contributed by atoms with Crippen molar-refractivity contribution in [2.24, 2.45) is 0 Å². The van der Waals surface area contributed by atoms with E-state index in [4.69, 9.17) is 4.42 Å². The smallest absolute Gasteiger partial charge is 0.197 e. The normalized spacial score (nSPS) is 14.3. The molecule has 5 aromatic rings. The molecule has 3 aromatic carbocycles. The topological polar surface area (TPSA) is 52.2 Å². The minimum Gasteiger partial charge on any atom is -0.454 e. The SMILES string of the molecule is Bc1ccc2c(c1)C(=O)/C(=C\c1cc3oc(-c4ccccc4)cc3n1-c1c(C)cccc1C)C2=O. The second kappa shape index (κ2) is 7.85. The summed E-state index contributed by atoms with van der Waals surface area (Å²) < 4.78 is 8.35. The molecule has 0 N–H and O–H groups in total. The van der Waals surface area contributed by atoms with Gasteiger partial charge < -0.3 is 8.98 Å². The van der Waals surface area contributed by atoms with Gasteiger partial charge in [0.1, 0.15) is 13.6 Å². The molecule has 0 radical (unpaired) electrons. The molecule has 2 aromatic heterocycles. The molecule has 5 heteroatoms. The monoisotopic (exact) mass is 455 g/mol. The minimum atomic E-state index is -0.235. The molecule has 0 aliphatic heterocycles. The molecule has 0 fully saturated rings. The van der Waals surface area contributed by atoms with Crippen LogP contribution in [-0.4, -0.2) is 24.0 Å². The highest BCUT2D eigenvalue weighted by atomic mass is 16.3. The van der Waals surface area contributed by atoms with Crippen LogP contribution in [0, 0.1) is 13.8 Å². The minimum absolute atomic E-state index is 0.182. The van der Waals surface area contributed by atoms with Crippen LogP contribution in [0.4, 0.5) is 0 Å². The molecule has 2 heterocycles. The third kappa shape index (κ3) is 3.31. The van der Waals surface area contributed by atoms with Crippen molar-refractivity contribution in [2.45, 2.75) is 13.8 Å². The van der Waals surface area contributed by atoms with E-state index in [1.807, 2.05) is 62.4 Å². The molecule has 0 saturated heterocycles. The van der Waals surface area contributed by atoms with Gasteiger partial charge >= 0.3 is 0 Å². The summed E-state index contributed by atoms with van der Waals surface area (Å²) in [5.41, 5.74) is 8.58. The second-order valence-electron chi connectivity index (χ2n) is 9.14. The molecule has 1 aliphatic rings. The number of nitrogens with zero attached hydrogens (tertiary/aromatic N) is 1. The number of ketones is 2. The highest BCUT2D eigenvalue weighted by molar-refractivity contribution is 6.43. The van der Waals surface area contributed by atoms with E-state index in [1.165, 1.54) is 0 Å². The van der Waals surface area contributed by atoms with E-state index in [9.17, 15) is 9.59 Å². The molecule has 0 unspecified atom stereocenters. The molecule has 0 atom stereocenters. The van der Waals surface area contributed by atoms with Gasteiger partial charge in [-0.1, -0.05) is 72.2 Å². The lowest BCUT2D eigenvalue weighted by Crippen LogP contribution is -2.06. The maximum Gasteiger partial charge on any atom is 0.197 e. The number of carbonyl (C=O) groups excluding carboxylic acids is 2. The molecular formula is C30H22BNO3. The van der Waals surface area contributed by atoms with E-state index in [0.29, 0.717) is 16.7 Å². The van der Waals surface area contributed by atoms with Crippen LogP contribution in [0.25, 0.3) is 34.2 Å². The van der Waals surface area contributed by atoms with E-state index < -0.39 is 0 Å². The first-order chi connectivity index (χ1) is 16.9. The van der Waals surface area contributed by atoms with Crippen LogP contribution >= 0.6 is 0 Å². The van der Waals surface area contributed by atoms with Gasteiger partial charge in [0, 0.05) is 28.8 Å². The number of aromatic nitrogens is 1. The van der Waals surface area contributed by atoms with E-state index in [2.05, 4.69) is 30.5 Å². The maximum atomic E-state index is 13.2. The van der Waals surface area contributed by atoms with Crippen LogP contribution in [-0.2, 0) is 0 Å². The van der Waals surface area contributed by atoms with Crippen LogP contribution in [0.5, 0.6) is 0 Å². The first-order valence-corrected chi connectivity index (χ1v) is 11.6. The summed E-state index contributed by atoms with van der Waals surface area (Å²) in [5.74, 6) is 0.302. The molecule has 0 bridgehead atoms. The third-order valence-electron chi connectivity index (χ3n) is 6.69. The van der Waals surface area contributed by atoms with Gasteiger partial charge in [-0.3, -0.25) is 9.59 Å². The predicted octanol–water partition coefficient (Wildman–Crippen LogP) is 5.23. The number of aryl methyl sites for hydroxylation is 2. The molecule has 168 valence electrons. The van der Waals surface area contributed by atoms with Gasteiger partial charge in [0.05, 0.1) is 22.5 Å². The van der Waals surface area contributed by atoms with Crippen molar-refractivity contribution in [2.75, 3.05) is 0 Å². The number of benzene rings is 3. The van der Waals surface area contributed by atoms with Crippen LogP contribution in [0.1, 0.15) is 37.5 Å². The first kappa shape index (κ1) is 21.2. The number of hydrogen-bond acceptors (Lipinski definition) is 3. The van der Waals surface area contributed by atoms with E-state index in [0.717, 1.165) is 44.8 Å². The first-order valence-electron chi connectivity index (χ1n) is 11.6. The standard InChI is InChI=1S/C30H22BNO3/c1-17-7-6-8-18(2)28(17)32-21(14-24-29(33)22-12-11-20(31)13-23(22)30(24)34)15-27-25(32)16-26(35-27)19-9-4-3-5-10-19/h3-16H,31H2,1-2H3/b24-14-. The van der Waals surface area contributed by atoms with E-state index in [-0.39, 0.29) is 17.1 Å². The summed E-state index contributed by atoms with van der Waals surface area (Å²) in [6.07, 6.45) is 1.71. The molecular weight excluding hydrogens is 433 g/mol. The zero-order valence-electron chi connectivity index (χ0n) is 19.8. The average Bonchev–Trinajstić information content (AvgIpc) is 3.47. The van der Waals surface area contributed by atoms with Gasteiger partial charge in [-0.15, -0.1) is 0 Å². The molecule has 6 rings (SSSR count). The Morgan fingerprint density at radius 3 is 2.26 bits per heavy atom. The van der Waals surface area contributed by atoms with Gasteiger partial charge in [-0.25, -0.2) is 0 Å². The number of para-hydroxylation sites is 1. The van der Waals surface area contributed by atoms with Crippen molar-refractivity contribution in [1.29, 1.82) is 0 Å². The highest BCUT2D eigenvalue weighted by Gasteiger charge is 2.33. The fraction of sp³-hybridized carbons (Fsp3) is 0.0667. The lowest BCUT2D eigenvalue weighted by Gasteiger charge is -2.14. The van der Waals surface area contributed by atoms with Gasteiger partial charge in [0.25, 0.3) is 0 Å². The molecule has 0 spiro atoms. The van der Waals surface area contributed by atoms with Crippen molar-refractivity contribution in [3.8, 4) is 17.0 Å². The van der Waals surface area contributed by atoms with Crippen molar-refractivity contribution >= 4 is 42.1 Å². The molecule has 1 aliphatic carbocycles. The summed E-state index contributed by atoms with van der Waals surface area (Å²) >= 11 is 0. The summed E-state index contributed by atoms with van der Waals surface area (Å²) in [6.45, 7) is 4.13. The average molecular weight is 455 g/mol. The third-order valence-corrected chi connectivity index (χ3v) is 6.69. The van der Waals surface area contributed by atoms with Crippen molar-refractivity contribution in [3.05, 3.63) is 112 Å². The fourth-order valence-electron chi connectivity index (χ4n) is 4.99. The van der Waals surface area contributed by atoms with Gasteiger partial charge in [0.15, 0.2) is 17.1 Å². The van der Waals surface area contributed by atoms with Gasteiger partial charge in [0.2, 0.25) is 0 Å². The van der Waals surface area contributed by atoms with Crippen molar-refractivity contribution < 1.29 is 14.0 Å². The zero-order chi connectivity index (χ0) is 24.3. The predicted molar refractivity (Wildman–Crippen MR) is 142 cm³/mol. The number of fused-ring (bicyclic) bond motifs is 2. The fourth-order valence-corrected chi connectivity index (χ4v) is 4.99. The Morgan fingerprint density at radius 2 is 1.51 bits per heavy atom. The number of allylic oxidation sites excluding steroid dienone is 1. The Hall–Kier alpha value is -4.38. The van der Waals surface area contributed by atoms with Crippen LogP contribution in [0.3, 0.4) is 0 Å². The Bertz CT molecular complexity index is 1680. The number of Topliss-reactive ketones (excluding diaryl/α,β-unsaturated/α-hetero) is 2.